The molecule has 0 spiro atoms. The fourth-order valence-corrected chi connectivity index (χ4v) is 2.08. The monoisotopic (exact) mass is 268 g/mol. The quantitative estimate of drug-likeness (QED) is 0.766. The molecule has 110 valence electrons. The molecular formula is C13H27F3N2. The van der Waals surface area contributed by atoms with E-state index in [2.05, 4.69) is 20.8 Å². The largest absolute Gasteiger partial charge is 0.401 e. The van der Waals surface area contributed by atoms with Gasteiger partial charge in [-0.15, -0.1) is 0 Å². The Bertz CT molecular complexity index is 221. The molecule has 0 fully saturated rings. The van der Waals surface area contributed by atoms with Crippen molar-refractivity contribution in [2.24, 2.45) is 11.1 Å². The van der Waals surface area contributed by atoms with E-state index in [0.29, 0.717) is 19.5 Å². The lowest BCUT2D eigenvalue weighted by Crippen LogP contribution is -2.38. The van der Waals surface area contributed by atoms with Gasteiger partial charge in [-0.1, -0.05) is 27.7 Å². The highest BCUT2D eigenvalue weighted by Crippen LogP contribution is 2.22. The van der Waals surface area contributed by atoms with Crippen molar-refractivity contribution in [1.82, 2.24) is 4.90 Å². The van der Waals surface area contributed by atoms with Gasteiger partial charge in [0, 0.05) is 6.04 Å². The zero-order valence-corrected chi connectivity index (χ0v) is 12.0. The normalized spacial score (nSPS) is 15.2. The number of alkyl halides is 3. The van der Waals surface area contributed by atoms with Crippen molar-refractivity contribution >= 4 is 0 Å². The van der Waals surface area contributed by atoms with E-state index < -0.39 is 12.7 Å². The van der Waals surface area contributed by atoms with Gasteiger partial charge in [-0.2, -0.15) is 13.2 Å². The van der Waals surface area contributed by atoms with E-state index in [0.717, 1.165) is 12.8 Å². The second kappa shape index (κ2) is 7.34. The van der Waals surface area contributed by atoms with Gasteiger partial charge in [0.1, 0.15) is 0 Å². The Hall–Kier alpha value is -0.290. The molecular weight excluding hydrogens is 241 g/mol. The van der Waals surface area contributed by atoms with Gasteiger partial charge in [-0.05, 0) is 37.8 Å². The highest BCUT2D eigenvalue weighted by Gasteiger charge is 2.30. The van der Waals surface area contributed by atoms with Crippen molar-refractivity contribution < 1.29 is 13.2 Å². The zero-order valence-electron chi connectivity index (χ0n) is 12.0. The van der Waals surface area contributed by atoms with Gasteiger partial charge >= 0.3 is 6.18 Å². The summed E-state index contributed by atoms with van der Waals surface area (Å²) in [4.78, 5) is 1.45. The molecule has 0 radical (unpaired) electrons. The predicted molar refractivity (Wildman–Crippen MR) is 69.5 cm³/mol. The first-order chi connectivity index (χ1) is 8.03. The zero-order chi connectivity index (χ0) is 14.4. The van der Waals surface area contributed by atoms with Crippen LogP contribution in [0.25, 0.3) is 0 Å². The summed E-state index contributed by atoms with van der Waals surface area (Å²) >= 11 is 0. The Balaban J connectivity index is 4.10. The molecule has 0 saturated heterocycles. The predicted octanol–water partition coefficient (Wildman–Crippen LogP) is 3.41. The maximum absolute atomic E-state index is 12.4. The van der Waals surface area contributed by atoms with Crippen LogP contribution >= 0.6 is 0 Å². The lowest BCUT2D eigenvalue weighted by molar-refractivity contribution is -0.146. The number of hydrogen-bond acceptors (Lipinski definition) is 2. The van der Waals surface area contributed by atoms with Crippen molar-refractivity contribution in [2.75, 3.05) is 19.6 Å². The topological polar surface area (TPSA) is 29.3 Å². The summed E-state index contributed by atoms with van der Waals surface area (Å²) in [6.07, 6.45) is -1.94. The molecule has 0 amide bonds. The fraction of sp³-hybridized carbons (Fsp3) is 1.00. The molecule has 0 bridgehead atoms. The first-order valence-corrected chi connectivity index (χ1v) is 6.58. The average molecular weight is 268 g/mol. The Morgan fingerprint density at radius 2 is 1.67 bits per heavy atom. The Kier molecular flexibility index (Phi) is 7.22. The smallest absolute Gasteiger partial charge is 0.328 e. The van der Waals surface area contributed by atoms with Crippen LogP contribution in [0.1, 0.15) is 47.0 Å². The SMILES string of the molecule is CCCN(CCC(N)CC(C)(C)C)CC(F)(F)F. The van der Waals surface area contributed by atoms with Crippen LogP contribution in [0.2, 0.25) is 0 Å². The Morgan fingerprint density at radius 1 is 1.11 bits per heavy atom. The van der Waals surface area contributed by atoms with Crippen LogP contribution in [-0.2, 0) is 0 Å². The minimum absolute atomic E-state index is 0.0300. The molecule has 0 aromatic carbocycles. The third kappa shape index (κ3) is 10.8. The van der Waals surface area contributed by atoms with E-state index in [-0.39, 0.29) is 11.5 Å². The lowest BCUT2D eigenvalue weighted by atomic mass is 9.87. The molecule has 0 aliphatic rings. The second-order valence-corrected chi connectivity index (χ2v) is 6.20. The van der Waals surface area contributed by atoms with Crippen LogP contribution in [0.4, 0.5) is 13.2 Å². The molecule has 1 unspecified atom stereocenters. The summed E-state index contributed by atoms with van der Waals surface area (Å²) in [7, 11) is 0. The summed E-state index contributed by atoms with van der Waals surface area (Å²) in [6, 6.07) is -0.0300. The van der Waals surface area contributed by atoms with Gasteiger partial charge in [-0.25, -0.2) is 0 Å². The van der Waals surface area contributed by atoms with Crippen molar-refractivity contribution in [3.8, 4) is 0 Å². The molecule has 0 saturated carbocycles. The fourth-order valence-electron chi connectivity index (χ4n) is 2.08. The second-order valence-electron chi connectivity index (χ2n) is 6.20. The Morgan fingerprint density at radius 3 is 2.06 bits per heavy atom. The summed E-state index contributed by atoms with van der Waals surface area (Å²) in [5.74, 6) is 0. The van der Waals surface area contributed by atoms with Gasteiger partial charge < -0.3 is 5.73 Å². The summed E-state index contributed by atoms with van der Waals surface area (Å²) in [5.41, 5.74) is 6.08. The molecule has 2 nitrogen and oxygen atoms in total. The van der Waals surface area contributed by atoms with E-state index in [1.165, 1.54) is 4.90 Å². The summed E-state index contributed by atoms with van der Waals surface area (Å²) in [6.45, 7) is 8.22. The first kappa shape index (κ1) is 17.7. The third-order valence-electron chi connectivity index (χ3n) is 2.63. The van der Waals surface area contributed by atoms with Crippen LogP contribution in [0, 0.1) is 5.41 Å². The van der Waals surface area contributed by atoms with Crippen molar-refractivity contribution in [2.45, 2.75) is 59.2 Å². The van der Waals surface area contributed by atoms with Crippen LogP contribution < -0.4 is 5.73 Å². The molecule has 0 aliphatic carbocycles. The van der Waals surface area contributed by atoms with E-state index in [1.807, 2.05) is 6.92 Å². The van der Waals surface area contributed by atoms with E-state index in [9.17, 15) is 13.2 Å². The lowest BCUT2D eigenvalue weighted by Gasteiger charge is -2.27. The summed E-state index contributed by atoms with van der Waals surface area (Å²) in [5, 5.41) is 0. The van der Waals surface area contributed by atoms with Crippen LogP contribution in [0.3, 0.4) is 0 Å². The standard InChI is InChI=1S/C13H27F3N2/c1-5-7-18(10-13(14,15)16)8-6-11(17)9-12(2,3)4/h11H,5-10,17H2,1-4H3. The number of nitrogens with zero attached hydrogens (tertiary/aromatic N) is 1. The van der Waals surface area contributed by atoms with E-state index >= 15 is 0 Å². The van der Waals surface area contributed by atoms with Crippen molar-refractivity contribution in [3.63, 3.8) is 0 Å². The maximum Gasteiger partial charge on any atom is 0.401 e. The molecule has 0 aromatic rings. The molecule has 0 heterocycles. The summed E-state index contributed by atoms with van der Waals surface area (Å²) < 4.78 is 37.1. The minimum Gasteiger partial charge on any atom is -0.328 e. The Labute approximate surface area is 109 Å². The average Bonchev–Trinajstić information content (AvgIpc) is 2.09. The molecule has 0 aliphatic heterocycles. The molecule has 2 N–H and O–H groups in total. The van der Waals surface area contributed by atoms with E-state index in [1.54, 1.807) is 0 Å². The van der Waals surface area contributed by atoms with Gasteiger partial charge in [0.25, 0.3) is 0 Å². The van der Waals surface area contributed by atoms with Gasteiger partial charge in [0.05, 0.1) is 6.54 Å². The molecule has 5 heteroatoms. The van der Waals surface area contributed by atoms with Gasteiger partial charge in [0.15, 0.2) is 0 Å². The van der Waals surface area contributed by atoms with Crippen LogP contribution in [0.15, 0.2) is 0 Å². The maximum atomic E-state index is 12.4. The van der Waals surface area contributed by atoms with Crippen LogP contribution in [0.5, 0.6) is 0 Å². The highest BCUT2D eigenvalue weighted by atomic mass is 19.4. The molecule has 18 heavy (non-hydrogen) atoms. The van der Waals surface area contributed by atoms with Gasteiger partial charge in [-0.3, -0.25) is 4.90 Å². The highest BCUT2D eigenvalue weighted by molar-refractivity contribution is 4.73. The number of hydrogen-bond donors (Lipinski definition) is 1. The van der Waals surface area contributed by atoms with Gasteiger partial charge in [0.2, 0.25) is 0 Å². The number of rotatable bonds is 7. The molecule has 1 atom stereocenters. The molecule has 0 aromatic heterocycles. The molecule has 0 rings (SSSR count). The third-order valence-corrected chi connectivity index (χ3v) is 2.63. The van der Waals surface area contributed by atoms with Crippen molar-refractivity contribution in [1.29, 1.82) is 0 Å². The number of halogens is 3. The number of nitrogens with two attached hydrogens (primary N) is 1. The first-order valence-electron chi connectivity index (χ1n) is 6.58. The minimum atomic E-state index is -4.12. The van der Waals surface area contributed by atoms with Crippen LogP contribution in [-0.4, -0.2) is 36.8 Å². The van der Waals surface area contributed by atoms with E-state index in [4.69, 9.17) is 5.73 Å². The van der Waals surface area contributed by atoms with Crippen molar-refractivity contribution in [3.05, 3.63) is 0 Å².